The van der Waals surface area contributed by atoms with Crippen LogP contribution in [0.15, 0.2) is 70.3 Å². The minimum Gasteiger partial charge on any atom is -0.367 e. The summed E-state index contributed by atoms with van der Waals surface area (Å²) in [7, 11) is 0. The van der Waals surface area contributed by atoms with Crippen LogP contribution in [0.5, 0.6) is 0 Å². The van der Waals surface area contributed by atoms with Gasteiger partial charge < -0.3 is 15.2 Å². The normalized spacial score (nSPS) is 20.3. The van der Waals surface area contributed by atoms with E-state index in [9.17, 15) is 9.90 Å². The molecule has 0 fully saturated rings. The van der Waals surface area contributed by atoms with E-state index in [0.717, 1.165) is 23.4 Å². The SMILES string of the molecule is CC(C(=N)C(=O)NC(S)(CCC1C=CC=CC1)COC(O)CCl)C(=Nc1ccc(Cl)cc1Cl)C1=CCC(Cl)=CC1. The van der Waals surface area contributed by atoms with Crippen LogP contribution >= 0.6 is 59.0 Å². The maximum Gasteiger partial charge on any atom is 0.266 e. The maximum atomic E-state index is 13.5. The van der Waals surface area contributed by atoms with Gasteiger partial charge in [0.1, 0.15) is 10.6 Å². The minimum atomic E-state index is -1.21. The van der Waals surface area contributed by atoms with Crippen LogP contribution < -0.4 is 5.32 Å². The second-order valence-corrected chi connectivity index (χ2v) is 12.3. The maximum absolute atomic E-state index is 13.5. The Morgan fingerprint density at radius 2 is 2.05 bits per heavy atom. The Kier molecular flexibility index (Phi) is 12.8. The van der Waals surface area contributed by atoms with Gasteiger partial charge in [-0.3, -0.25) is 15.2 Å². The molecular weight excluding hydrogens is 612 g/mol. The molecule has 2 aliphatic carbocycles. The van der Waals surface area contributed by atoms with Crippen molar-refractivity contribution < 1.29 is 14.6 Å². The summed E-state index contributed by atoms with van der Waals surface area (Å²) >= 11 is 29.1. The average Bonchev–Trinajstić information content (AvgIpc) is 2.95. The van der Waals surface area contributed by atoms with Crippen molar-refractivity contribution >= 4 is 82.1 Å². The number of hydrogen-bond donors (Lipinski definition) is 4. The van der Waals surface area contributed by atoms with Gasteiger partial charge in [0.2, 0.25) is 0 Å². The first kappa shape index (κ1) is 32.9. The number of aliphatic imine (C=N–C) groups is 1. The largest absolute Gasteiger partial charge is 0.367 e. The average molecular weight is 645 g/mol. The standard InChI is InChI=1S/C29H33Cl4N3O3S/c1-18(27(20-7-9-21(31)10-8-20)35-24-12-11-22(32)15-23(24)33)26(34)28(38)36-29(40,17-39-25(37)16-30)14-13-19-5-3-2-4-6-19/h2-5,7,10-12,15,18-19,25,34,37,40H,6,8-9,13-14,16-17H2,1H3,(H,36,38). The van der Waals surface area contributed by atoms with Crippen molar-refractivity contribution in [3.05, 3.63) is 75.3 Å². The van der Waals surface area contributed by atoms with E-state index in [1.165, 1.54) is 0 Å². The number of carbonyl (C=O) groups excluding carboxylic acids is 1. The summed E-state index contributed by atoms with van der Waals surface area (Å²) in [5.41, 5.74) is 1.65. The van der Waals surface area contributed by atoms with Gasteiger partial charge in [-0.05, 0) is 55.4 Å². The minimum absolute atomic E-state index is 0.0978. The third-order valence-electron chi connectivity index (χ3n) is 6.65. The van der Waals surface area contributed by atoms with Crippen LogP contribution in [0, 0.1) is 17.2 Å². The molecule has 2 aliphatic rings. The lowest BCUT2D eigenvalue weighted by molar-refractivity contribution is -0.120. The summed E-state index contributed by atoms with van der Waals surface area (Å²) in [6.07, 6.45) is 13.9. The molecule has 0 heterocycles. The molecule has 0 saturated heterocycles. The molecule has 0 aliphatic heterocycles. The first-order valence-corrected chi connectivity index (χ1v) is 15.0. The Morgan fingerprint density at radius 1 is 1.27 bits per heavy atom. The number of carbonyl (C=O) groups is 1. The quantitative estimate of drug-likeness (QED) is 0.0764. The molecule has 1 aromatic rings. The Morgan fingerprint density at radius 3 is 2.67 bits per heavy atom. The molecule has 0 radical (unpaired) electrons. The smallest absolute Gasteiger partial charge is 0.266 e. The van der Waals surface area contributed by atoms with Crippen LogP contribution in [-0.2, 0) is 9.53 Å². The van der Waals surface area contributed by atoms with E-state index in [-0.39, 0.29) is 24.1 Å². The number of allylic oxidation sites excluding steroid dienone is 8. The van der Waals surface area contributed by atoms with Crippen molar-refractivity contribution in [3.8, 4) is 0 Å². The van der Waals surface area contributed by atoms with Crippen molar-refractivity contribution in [2.45, 2.75) is 50.2 Å². The number of aliphatic hydroxyl groups excluding tert-OH is 1. The number of rotatable bonds is 13. The van der Waals surface area contributed by atoms with Gasteiger partial charge in [-0.15, -0.1) is 24.2 Å². The van der Waals surface area contributed by atoms with Crippen LogP contribution in [0.2, 0.25) is 10.0 Å². The first-order chi connectivity index (χ1) is 19.0. The van der Waals surface area contributed by atoms with Crippen LogP contribution in [-0.4, -0.2) is 46.1 Å². The third kappa shape index (κ3) is 9.76. The van der Waals surface area contributed by atoms with Crippen molar-refractivity contribution in [3.63, 3.8) is 0 Å². The van der Waals surface area contributed by atoms with Gasteiger partial charge in [-0.2, -0.15) is 0 Å². The number of benzene rings is 1. The van der Waals surface area contributed by atoms with Gasteiger partial charge in [-0.25, -0.2) is 0 Å². The highest BCUT2D eigenvalue weighted by atomic mass is 35.5. The molecule has 4 unspecified atom stereocenters. The molecule has 40 heavy (non-hydrogen) atoms. The molecule has 0 aromatic heterocycles. The van der Waals surface area contributed by atoms with Gasteiger partial charge >= 0.3 is 0 Å². The summed E-state index contributed by atoms with van der Waals surface area (Å²) in [6.45, 7) is 1.65. The van der Waals surface area contributed by atoms with Crippen LogP contribution in [0.25, 0.3) is 0 Å². The fraction of sp³-hybridized carbons (Fsp3) is 0.414. The number of aliphatic hydroxyl groups is 1. The molecule has 6 nitrogen and oxygen atoms in total. The predicted octanol–water partition coefficient (Wildman–Crippen LogP) is 7.79. The van der Waals surface area contributed by atoms with Gasteiger partial charge in [0, 0.05) is 22.4 Å². The van der Waals surface area contributed by atoms with E-state index < -0.39 is 23.0 Å². The Bertz CT molecular complexity index is 1250. The van der Waals surface area contributed by atoms with Gasteiger partial charge in [0.15, 0.2) is 6.29 Å². The molecule has 216 valence electrons. The number of alkyl halides is 1. The van der Waals surface area contributed by atoms with E-state index in [2.05, 4.69) is 17.5 Å². The molecule has 11 heteroatoms. The lowest BCUT2D eigenvalue weighted by Gasteiger charge is -2.32. The monoisotopic (exact) mass is 643 g/mol. The second kappa shape index (κ2) is 15.6. The zero-order valence-corrected chi connectivity index (χ0v) is 26.0. The third-order valence-corrected chi connectivity index (χ3v) is 8.22. The second-order valence-electron chi connectivity index (χ2n) is 9.77. The topological polar surface area (TPSA) is 94.8 Å². The number of amides is 1. The number of thiol groups is 1. The van der Waals surface area contributed by atoms with Gasteiger partial charge in [0.05, 0.1) is 28.9 Å². The number of nitrogens with one attached hydrogen (secondary N) is 2. The number of hydrogen-bond acceptors (Lipinski definition) is 6. The van der Waals surface area contributed by atoms with E-state index in [1.807, 2.05) is 24.3 Å². The molecular formula is C29H33Cl4N3O3S. The zero-order valence-electron chi connectivity index (χ0n) is 22.0. The van der Waals surface area contributed by atoms with E-state index >= 15 is 0 Å². The van der Waals surface area contributed by atoms with Crippen LogP contribution in [0.3, 0.4) is 0 Å². The van der Waals surface area contributed by atoms with Gasteiger partial charge in [0.25, 0.3) is 5.91 Å². The van der Waals surface area contributed by atoms with Gasteiger partial charge in [-0.1, -0.05) is 78.2 Å². The first-order valence-electron chi connectivity index (χ1n) is 12.9. The summed E-state index contributed by atoms with van der Waals surface area (Å²) in [5.74, 6) is -1.15. The lowest BCUT2D eigenvalue weighted by Crippen LogP contribution is -2.52. The Balaban J connectivity index is 1.83. The van der Waals surface area contributed by atoms with Crippen LogP contribution in [0.1, 0.15) is 39.0 Å². The highest BCUT2D eigenvalue weighted by Gasteiger charge is 2.33. The van der Waals surface area contributed by atoms with E-state index in [4.69, 9.17) is 74.2 Å². The highest BCUT2D eigenvalue weighted by molar-refractivity contribution is 7.81. The highest BCUT2D eigenvalue weighted by Crippen LogP contribution is 2.32. The summed E-state index contributed by atoms with van der Waals surface area (Å²) < 4.78 is 5.44. The number of halogens is 4. The lowest BCUT2D eigenvalue weighted by atomic mass is 9.89. The van der Waals surface area contributed by atoms with Crippen molar-refractivity contribution in [1.29, 1.82) is 5.41 Å². The molecule has 0 bridgehead atoms. The molecule has 4 atom stereocenters. The fourth-order valence-corrected chi connectivity index (χ4v) is 5.30. The zero-order chi connectivity index (χ0) is 29.3. The van der Waals surface area contributed by atoms with Crippen molar-refractivity contribution in [1.82, 2.24) is 5.32 Å². The molecule has 0 spiro atoms. The molecule has 1 amide bonds. The Labute approximate surface area is 261 Å². The van der Waals surface area contributed by atoms with Crippen LogP contribution in [0.4, 0.5) is 5.69 Å². The fourth-order valence-electron chi connectivity index (χ4n) is 4.30. The molecule has 3 rings (SSSR count). The van der Waals surface area contributed by atoms with E-state index in [1.54, 1.807) is 25.1 Å². The summed E-state index contributed by atoms with van der Waals surface area (Å²) in [4.78, 5) is 17.1. The molecule has 1 aromatic carbocycles. The molecule has 0 saturated carbocycles. The Hall–Kier alpha value is -1.58. The van der Waals surface area contributed by atoms with Crippen molar-refractivity contribution in [2.24, 2.45) is 16.8 Å². The predicted molar refractivity (Wildman–Crippen MR) is 170 cm³/mol. The van der Waals surface area contributed by atoms with Crippen molar-refractivity contribution in [2.75, 3.05) is 12.5 Å². The number of nitrogens with zero attached hydrogens (tertiary/aromatic N) is 1. The molecule has 3 N–H and O–H groups in total. The van der Waals surface area contributed by atoms with E-state index in [0.29, 0.717) is 40.7 Å². The summed E-state index contributed by atoms with van der Waals surface area (Å²) in [6, 6.07) is 4.97. The number of ether oxygens (including phenoxy) is 1. The summed E-state index contributed by atoms with van der Waals surface area (Å²) in [5, 5.41) is 23.1.